The molecule has 0 radical (unpaired) electrons. The molecule has 5 rings (SSSR count). The Morgan fingerprint density at radius 1 is 1.03 bits per heavy atom. The number of benzene rings is 3. The van der Waals surface area contributed by atoms with E-state index in [0.717, 1.165) is 0 Å². The first-order valence-corrected chi connectivity index (χ1v) is 12.1. The van der Waals surface area contributed by atoms with E-state index in [1.54, 1.807) is 71.6 Å². The summed E-state index contributed by atoms with van der Waals surface area (Å²) in [6.45, 7) is 0.00877. The number of carbonyl (C=O) groups is 3. The Kier molecular flexibility index (Phi) is 6.49. The molecule has 9 nitrogen and oxygen atoms in total. The smallest absolute Gasteiger partial charge is 0.305 e. The van der Waals surface area contributed by atoms with E-state index in [1.807, 2.05) is 0 Å². The summed E-state index contributed by atoms with van der Waals surface area (Å²) >= 11 is 6.26. The molecule has 3 aromatic rings. The van der Waals surface area contributed by atoms with Crippen LogP contribution < -0.4 is 15.5 Å². The number of amides is 2. The minimum Gasteiger partial charge on any atom is -0.481 e. The molecule has 1 unspecified atom stereocenters. The van der Waals surface area contributed by atoms with Crippen molar-refractivity contribution in [2.75, 3.05) is 22.9 Å². The van der Waals surface area contributed by atoms with Crippen LogP contribution in [0.1, 0.15) is 38.3 Å². The second-order valence-corrected chi connectivity index (χ2v) is 9.26. The van der Waals surface area contributed by atoms with Crippen molar-refractivity contribution in [2.24, 2.45) is 5.73 Å². The lowest BCUT2D eigenvalue weighted by molar-refractivity contribution is -0.137. The topological polar surface area (TPSA) is 131 Å². The number of carbonyl (C=O) groups excluding carboxylic acids is 2. The highest BCUT2D eigenvalue weighted by atomic mass is 35.5. The molecule has 3 aromatic carbocycles. The highest BCUT2D eigenvalue weighted by Gasteiger charge is 2.43. The number of aliphatic carboxylic acids is 1. The van der Waals surface area contributed by atoms with Crippen LogP contribution >= 0.6 is 11.6 Å². The average Bonchev–Trinajstić information content (AvgIpc) is 3.02. The van der Waals surface area contributed by atoms with Gasteiger partial charge < -0.3 is 15.7 Å². The number of nitrogens with one attached hydrogen (secondary N) is 1. The molecule has 0 bridgehead atoms. The van der Waals surface area contributed by atoms with Gasteiger partial charge in [-0.2, -0.15) is 0 Å². The van der Waals surface area contributed by atoms with Gasteiger partial charge in [0.15, 0.2) is 0 Å². The highest BCUT2D eigenvalue weighted by molar-refractivity contribution is 6.31. The summed E-state index contributed by atoms with van der Waals surface area (Å²) in [7, 11) is 0. The first-order chi connectivity index (χ1) is 18.2. The van der Waals surface area contributed by atoms with Gasteiger partial charge in [-0.05, 0) is 48.4 Å². The number of nitrogens with zero attached hydrogens (tertiary/aromatic N) is 3. The van der Waals surface area contributed by atoms with Gasteiger partial charge in [0.2, 0.25) is 0 Å². The van der Waals surface area contributed by atoms with Crippen LogP contribution in [0.2, 0.25) is 5.02 Å². The van der Waals surface area contributed by atoms with Gasteiger partial charge in [-0.15, -0.1) is 0 Å². The molecule has 190 valence electrons. The highest BCUT2D eigenvalue weighted by Crippen LogP contribution is 2.39. The number of fused-ring (bicyclic) bond motifs is 4. The second-order valence-electron chi connectivity index (χ2n) is 8.83. The van der Waals surface area contributed by atoms with E-state index in [2.05, 4.69) is 12.0 Å². The third kappa shape index (κ3) is 4.53. The maximum absolute atomic E-state index is 13.9. The van der Waals surface area contributed by atoms with Gasteiger partial charge in [-0.1, -0.05) is 35.9 Å². The molecule has 0 aromatic heterocycles. The normalized spacial score (nSPS) is 16.0. The van der Waals surface area contributed by atoms with Crippen LogP contribution in [0.15, 0.2) is 66.7 Å². The van der Waals surface area contributed by atoms with Crippen LogP contribution in [0, 0.1) is 17.4 Å². The van der Waals surface area contributed by atoms with E-state index in [4.69, 9.17) is 22.7 Å². The van der Waals surface area contributed by atoms with Crippen LogP contribution in [0.5, 0.6) is 0 Å². The first-order valence-electron chi connectivity index (χ1n) is 11.7. The van der Waals surface area contributed by atoms with Crippen LogP contribution in [0.3, 0.4) is 0 Å². The average molecular weight is 528 g/mol. The van der Waals surface area contributed by atoms with Gasteiger partial charge >= 0.3 is 5.97 Å². The van der Waals surface area contributed by atoms with Gasteiger partial charge in [0.1, 0.15) is 12.0 Å². The number of carboxylic acids is 1. The Morgan fingerprint density at radius 2 is 1.76 bits per heavy atom. The summed E-state index contributed by atoms with van der Waals surface area (Å²) < 4.78 is 0. The van der Waals surface area contributed by atoms with E-state index in [0.29, 0.717) is 38.7 Å². The van der Waals surface area contributed by atoms with Crippen LogP contribution in [-0.4, -0.2) is 52.9 Å². The lowest BCUT2D eigenvalue weighted by Gasteiger charge is -2.42. The Bertz CT molecular complexity index is 1540. The van der Waals surface area contributed by atoms with Gasteiger partial charge in [-0.3, -0.25) is 29.6 Å². The number of para-hydroxylation sites is 1. The van der Waals surface area contributed by atoms with Crippen LogP contribution in [-0.2, 0) is 4.79 Å². The van der Waals surface area contributed by atoms with Gasteiger partial charge in [-0.25, -0.2) is 0 Å². The number of amidine groups is 1. The molecule has 2 aliphatic heterocycles. The van der Waals surface area contributed by atoms with Crippen molar-refractivity contribution in [3.63, 3.8) is 0 Å². The summed E-state index contributed by atoms with van der Waals surface area (Å²) in [5, 5.41) is 17.2. The number of hydrogen-bond donors (Lipinski definition) is 3. The zero-order valence-electron chi connectivity index (χ0n) is 20.0. The fourth-order valence-corrected chi connectivity index (χ4v) is 4.77. The number of hydrogen-bond acceptors (Lipinski definition) is 5. The third-order valence-electron chi connectivity index (χ3n) is 6.44. The van der Waals surface area contributed by atoms with Crippen LogP contribution in [0.4, 0.5) is 11.4 Å². The fourth-order valence-electron chi connectivity index (χ4n) is 4.60. The van der Waals surface area contributed by atoms with Crippen molar-refractivity contribution in [2.45, 2.75) is 12.6 Å². The largest absolute Gasteiger partial charge is 0.481 e. The van der Waals surface area contributed by atoms with Crippen molar-refractivity contribution in [1.29, 1.82) is 5.41 Å². The summed E-state index contributed by atoms with van der Waals surface area (Å²) in [5.41, 5.74) is 8.34. The quantitative estimate of drug-likeness (QED) is 0.271. The molecule has 0 spiro atoms. The minimum absolute atomic E-state index is 0.0255. The van der Waals surface area contributed by atoms with E-state index in [1.165, 1.54) is 9.80 Å². The third-order valence-corrected chi connectivity index (χ3v) is 6.68. The fraction of sp³-hybridized carbons (Fsp3) is 0.143. The van der Waals surface area contributed by atoms with Crippen LogP contribution in [0.25, 0.3) is 0 Å². The predicted molar refractivity (Wildman–Crippen MR) is 143 cm³/mol. The predicted octanol–water partition coefficient (Wildman–Crippen LogP) is 3.36. The molecule has 10 heteroatoms. The van der Waals surface area contributed by atoms with Crippen molar-refractivity contribution >= 4 is 46.6 Å². The van der Waals surface area contributed by atoms with Crippen molar-refractivity contribution < 1.29 is 19.5 Å². The second kappa shape index (κ2) is 9.92. The summed E-state index contributed by atoms with van der Waals surface area (Å²) in [6, 6.07) is 21.7. The SMILES string of the molecule is N=C(N)c1ccc(C#CN2c3ccc(Cl)cc3C(=O)N3c4ccccc4C(=O)N(CCC(=O)O)CC23)cc1. The number of rotatable bonds is 4. The molecular weight excluding hydrogens is 506 g/mol. The molecule has 0 fully saturated rings. The van der Waals surface area contributed by atoms with Gasteiger partial charge in [0.05, 0.1) is 35.5 Å². The number of nitrogen functional groups attached to an aromatic ring is 1. The molecule has 0 aliphatic carbocycles. The molecule has 4 N–H and O–H groups in total. The summed E-state index contributed by atoms with van der Waals surface area (Å²) in [6.07, 6.45) is -0.976. The standard InChI is InChI=1S/C28H22ClN5O4/c29-19-9-10-22-21(15-19)28(38)34-23-4-2-1-3-20(23)27(37)32(13-12-25(35)36)16-24(34)33(22)14-11-17-5-7-18(8-6-17)26(30)31/h1-10,15,24H,12-13,16H2,(H3,30,31)(H,35,36). The molecule has 2 heterocycles. The van der Waals surface area contributed by atoms with Crippen molar-refractivity contribution in [3.8, 4) is 12.0 Å². The molecular formula is C28H22ClN5O4. The van der Waals surface area contributed by atoms with E-state index in [-0.39, 0.29) is 37.2 Å². The Balaban J connectivity index is 1.66. The van der Waals surface area contributed by atoms with Gasteiger partial charge in [0.25, 0.3) is 11.8 Å². The zero-order chi connectivity index (χ0) is 27.0. The monoisotopic (exact) mass is 527 g/mol. The Morgan fingerprint density at radius 3 is 2.47 bits per heavy atom. The summed E-state index contributed by atoms with van der Waals surface area (Å²) in [4.78, 5) is 43.4. The Labute approximate surface area is 223 Å². The molecule has 38 heavy (non-hydrogen) atoms. The maximum atomic E-state index is 13.9. The number of halogens is 1. The first kappa shape index (κ1) is 24.9. The Hall–Kier alpha value is -4.81. The summed E-state index contributed by atoms with van der Waals surface area (Å²) in [5.74, 6) is 1.32. The molecule has 0 saturated carbocycles. The molecule has 2 amide bonds. The minimum atomic E-state index is -1.03. The van der Waals surface area contributed by atoms with E-state index < -0.39 is 12.1 Å². The molecule has 1 atom stereocenters. The number of nitrogens with two attached hydrogens (primary N) is 1. The van der Waals surface area contributed by atoms with E-state index in [9.17, 15) is 19.5 Å². The van der Waals surface area contributed by atoms with E-state index >= 15 is 0 Å². The number of anilines is 2. The number of carboxylic acid groups (broad SMARTS) is 1. The van der Waals surface area contributed by atoms with Crippen molar-refractivity contribution in [3.05, 3.63) is 94.0 Å². The van der Waals surface area contributed by atoms with Gasteiger partial charge in [0, 0.05) is 28.7 Å². The zero-order valence-corrected chi connectivity index (χ0v) is 20.8. The molecule has 2 aliphatic rings. The lowest BCUT2D eigenvalue weighted by atomic mass is 10.0. The molecule has 0 saturated heterocycles. The maximum Gasteiger partial charge on any atom is 0.305 e. The lowest BCUT2D eigenvalue weighted by Crippen LogP contribution is -2.58. The van der Waals surface area contributed by atoms with Crippen molar-refractivity contribution in [1.82, 2.24) is 4.90 Å².